The molecule has 0 fully saturated rings. The Morgan fingerprint density at radius 1 is 0.720 bits per heavy atom. The van der Waals surface area contributed by atoms with E-state index in [0.29, 0.717) is 0 Å². The summed E-state index contributed by atoms with van der Waals surface area (Å²) in [4.78, 5) is 34.0. The van der Waals surface area contributed by atoms with Crippen molar-refractivity contribution in [3.05, 3.63) is 89.5 Å². The van der Waals surface area contributed by atoms with Crippen LogP contribution in [0, 0.1) is 0 Å². The first-order valence-corrected chi connectivity index (χ1v) is 9.04. The van der Waals surface area contributed by atoms with E-state index >= 15 is 0 Å². The maximum absolute atomic E-state index is 11.6. The predicted octanol–water partition coefficient (Wildman–Crippen LogP) is 2.33. The molecule has 0 aliphatic heterocycles. The Bertz CT molecular complexity index is 917. The van der Waals surface area contributed by atoms with E-state index in [-0.39, 0.29) is 22.4 Å². The van der Waals surface area contributed by atoms with Crippen LogP contribution in [0.4, 0.5) is 0 Å². The molecular weight excluding hydrogens is 331 g/mol. The van der Waals surface area contributed by atoms with Crippen LogP contribution in [0.2, 0.25) is 0 Å². The van der Waals surface area contributed by atoms with Crippen molar-refractivity contribution in [1.29, 1.82) is 0 Å². The molecule has 3 rings (SSSR count). The van der Waals surface area contributed by atoms with Crippen LogP contribution < -0.4 is 10.6 Å². The Balaban J connectivity index is 2.22. The van der Waals surface area contributed by atoms with E-state index in [1.165, 1.54) is 0 Å². The van der Waals surface area contributed by atoms with Gasteiger partial charge in [0.1, 0.15) is 17.8 Å². The average molecular weight is 344 g/mol. The number of carbonyl (C=O) groups excluding carboxylic acids is 3. The van der Waals surface area contributed by atoms with Gasteiger partial charge in [0.05, 0.1) is 16.7 Å². The fourth-order valence-electron chi connectivity index (χ4n) is 2.83. The van der Waals surface area contributed by atoms with Gasteiger partial charge in [-0.2, -0.15) is 0 Å². The average Bonchev–Trinajstić information content (AvgIpc) is 2.69. The third-order valence-electron chi connectivity index (χ3n) is 3.95. The van der Waals surface area contributed by atoms with Crippen LogP contribution >= 0.6 is 7.92 Å². The van der Waals surface area contributed by atoms with Crippen LogP contribution in [0.15, 0.2) is 89.5 Å². The molecule has 0 amide bonds. The molecule has 120 valence electrons. The Labute approximate surface area is 146 Å². The second-order valence-corrected chi connectivity index (χ2v) is 7.68. The van der Waals surface area contributed by atoms with Crippen molar-refractivity contribution in [2.24, 2.45) is 0 Å². The van der Waals surface area contributed by atoms with Gasteiger partial charge in [-0.05, 0) is 24.6 Å². The van der Waals surface area contributed by atoms with E-state index in [2.05, 4.69) is 0 Å². The lowest BCUT2D eigenvalue weighted by Gasteiger charge is -2.29. The van der Waals surface area contributed by atoms with Crippen molar-refractivity contribution >= 4 is 36.4 Å². The summed E-state index contributed by atoms with van der Waals surface area (Å²) in [5.74, 6) is 5.29. The van der Waals surface area contributed by atoms with Crippen LogP contribution in [0.25, 0.3) is 0 Å². The van der Waals surface area contributed by atoms with Gasteiger partial charge >= 0.3 is 0 Å². The molecule has 1 aliphatic rings. The second-order valence-electron chi connectivity index (χ2n) is 5.35. The summed E-state index contributed by atoms with van der Waals surface area (Å²) in [7, 11) is -1.000. The van der Waals surface area contributed by atoms with Crippen LogP contribution in [-0.2, 0) is 14.4 Å². The third kappa shape index (κ3) is 3.28. The Hall–Kier alpha value is -3.04. The minimum Gasteiger partial charge on any atom is -0.233 e. The zero-order chi connectivity index (χ0) is 17.6. The molecular formula is C21H13O3P. The topological polar surface area (TPSA) is 51.2 Å². The van der Waals surface area contributed by atoms with Crippen molar-refractivity contribution in [2.75, 3.05) is 0 Å². The summed E-state index contributed by atoms with van der Waals surface area (Å²) < 4.78 is 0. The number of allylic oxidation sites excluding steroid dienone is 5. The SMILES string of the molecule is O=C=C1C=CC(P(c2ccccc2)c2ccccc2)C(=C=O)C1=C=O. The summed E-state index contributed by atoms with van der Waals surface area (Å²) in [5, 5.41) is 2.13. The minimum absolute atomic E-state index is 0.0423. The first-order chi connectivity index (χ1) is 12.3. The van der Waals surface area contributed by atoms with E-state index < -0.39 is 7.92 Å². The molecule has 0 heterocycles. The van der Waals surface area contributed by atoms with Crippen LogP contribution in [0.5, 0.6) is 0 Å². The van der Waals surface area contributed by atoms with E-state index in [0.717, 1.165) is 10.6 Å². The Kier molecular flexibility index (Phi) is 5.17. The van der Waals surface area contributed by atoms with E-state index in [1.807, 2.05) is 66.6 Å². The van der Waals surface area contributed by atoms with Gasteiger partial charge in [0.25, 0.3) is 0 Å². The van der Waals surface area contributed by atoms with E-state index in [1.54, 1.807) is 24.0 Å². The van der Waals surface area contributed by atoms with Gasteiger partial charge in [-0.15, -0.1) is 0 Å². The number of benzene rings is 2. The fourth-order valence-corrected chi connectivity index (χ4v) is 5.45. The molecule has 4 heteroatoms. The maximum atomic E-state index is 11.6. The summed E-state index contributed by atoms with van der Waals surface area (Å²) in [6.45, 7) is 0. The van der Waals surface area contributed by atoms with Crippen LogP contribution in [-0.4, -0.2) is 23.5 Å². The van der Waals surface area contributed by atoms with Crippen molar-refractivity contribution < 1.29 is 14.4 Å². The summed E-state index contributed by atoms with van der Waals surface area (Å²) >= 11 is 0. The molecule has 2 aromatic carbocycles. The molecule has 0 saturated carbocycles. The van der Waals surface area contributed by atoms with Gasteiger partial charge in [0.15, 0.2) is 0 Å². The number of rotatable bonds is 3. The quantitative estimate of drug-likeness (QED) is 0.634. The third-order valence-corrected chi connectivity index (χ3v) is 6.64. The molecule has 0 N–H and O–H groups in total. The fraction of sp³-hybridized carbons (Fsp3) is 0.0476. The van der Waals surface area contributed by atoms with Gasteiger partial charge in [-0.25, -0.2) is 14.4 Å². The lowest BCUT2D eigenvalue weighted by molar-refractivity contribution is 0.562. The summed E-state index contributed by atoms with van der Waals surface area (Å²) in [6, 6.07) is 19.6. The predicted molar refractivity (Wildman–Crippen MR) is 99.6 cm³/mol. The van der Waals surface area contributed by atoms with Gasteiger partial charge in [0, 0.05) is 5.66 Å². The standard InChI is InChI=1S/C21H13O3P/c22-13-16-11-12-21(20(15-24)19(16)14-23)25(17-7-3-1-4-8-17)18-9-5-2-6-10-18/h1-12,21H. The highest BCUT2D eigenvalue weighted by Gasteiger charge is 2.33. The Morgan fingerprint density at radius 3 is 1.72 bits per heavy atom. The molecule has 1 aliphatic carbocycles. The summed E-state index contributed by atoms with van der Waals surface area (Å²) in [5.41, 5.74) is -0.196. The molecule has 2 aromatic rings. The van der Waals surface area contributed by atoms with Crippen molar-refractivity contribution in [2.45, 2.75) is 5.66 Å². The molecule has 1 unspecified atom stereocenters. The Morgan fingerprint density at radius 2 is 1.28 bits per heavy atom. The largest absolute Gasteiger partial charge is 0.233 e. The molecule has 0 spiro atoms. The summed E-state index contributed by atoms with van der Waals surface area (Å²) in [6.07, 6.45) is 3.33. The van der Waals surface area contributed by atoms with Gasteiger partial charge in [-0.3, -0.25) is 0 Å². The zero-order valence-corrected chi connectivity index (χ0v) is 14.1. The molecule has 0 bridgehead atoms. The second kappa shape index (κ2) is 7.69. The lowest BCUT2D eigenvalue weighted by Crippen LogP contribution is -2.25. The lowest BCUT2D eigenvalue weighted by atomic mass is 9.93. The van der Waals surface area contributed by atoms with Gasteiger partial charge < -0.3 is 0 Å². The molecule has 0 radical (unpaired) electrons. The smallest absolute Gasteiger partial charge is 0.134 e. The van der Waals surface area contributed by atoms with E-state index in [4.69, 9.17) is 0 Å². The van der Waals surface area contributed by atoms with Crippen molar-refractivity contribution in [1.82, 2.24) is 0 Å². The molecule has 0 aromatic heterocycles. The number of hydrogen-bond acceptors (Lipinski definition) is 3. The van der Waals surface area contributed by atoms with Crippen molar-refractivity contribution in [3.63, 3.8) is 0 Å². The highest BCUT2D eigenvalue weighted by Crippen LogP contribution is 2.47. The highest BCUT2D eigenvalue weighted by atomic mass is 31.1. The maximum Gasteiger partial charge on any atom is 0.134 e. The van der Waals surface area contributed by atoms with E-state index in [9.17, 15) is 14.4 Å². The molecule has 1 atom stereocenters. The number of hydrogen-bond donors (Lipinski definition) is 0. The molecule has 3 nitrogen and oxygen atoms in total. The zero-order valence-electron chi connectivity index (χ0n) is 13.2. The van der Waals surface area contributed by atoms with Gasteiger partial charge in [0.2, 0.25) is 0 Å². The highest BCUT2D eigenvalue weighted by molar-refractivity contribution is 7.74. The first kappa shape index (κ1) is 16.8. The first-order valence-electron chi connectivity index (χ1n) is 7.63. The monoisotopic (exact) mass is 344 g/mol. The molecule has 0 saturated heterocycles. The van der Waals surface area contributed by atoms with Crippen LogP contribution in [0.1, 0.15) is 0 Å². The van der Waals surface area contributed by atoms with Crippen molar-refractivity contribution in [3.8, 4) is 0 Å². The molecule has 25 heavy (non-hydrogen) atoms. The normalized spacial score (nSPS) is 16.4. The van der Waals surface area contributed by atoms with Crippen LogP contribution in [0.3, 0.4) is 0 Å². The van der Waals surface area contributed by atoms with Gasteiger partial charge in [-0.1, -0.05) is 66.7 Å². The minimum atomic E-state index is -1.000.